The number of rotatable bonds is 4. The van der Waals surface area contributed by atoms with Crippen molar-refractivity contribution >= 4 is 5.91 Å². The zero-order valence-electron chi connectivity index (χ0n) is 10.9. The molecule has 6 heteroatoms. The lowest BCUT2D eigenvalue weighted by molar-refractivity contribution is 0.0770. The summed E-state index contributed by atoms with van der Waals surface area (Å²) in [6, 6.07) is 0. The molecule has 18 heavy (non-hydrogen) atoms. The number of carbonyl (C=O) groups excluding carboxylic acids is 1. The first kappa shape index (κ1) is 12.9. The minimum absolute atomic E-state index is 0.116. The summed E-state index contributed by atoms with van der Waals surface area (Å²) in [7, 11) is 0. The fraction of sp³-hybridized carbons (Fsp3) is 0.750. The number of hydrogen-bond acceptors (Lipinski definition) is 3. The van der Waals surface area contributed by atoms with Crippen molar-refractivity contribution in [3.8, 4) is 0 Å². The SMILES string of the molecule is CCC(CC)[C@@H]1CCN(C(=O)c2n[nH]c(=O)[nH]2)C1. The van der Waals surface area contributed by atoms with E-state index in [0.29, 0.717) is 11.8 Å². The fourth-order valence-electron chi connectivity index (χ4n) is 2.83. The van der Waals surface area contributed by atoms with Gasteiger partial charge in [0.05, 0.1) is 0 Å². The van der Waals surface area contributed by atoms with Crippen LogP contribution in [-0.2, 0) is 0 Å². The van der Waals surface area contributed by atoms with Crippen molar-refractivity contribution in [2.75, 3.05) is 13.1 Å². The number of amides is 1. The summed E-state index contributed by atoms with van der Waals surface area (Å²) in [6.45, 7) is 5.93. The summed E-state index contributed by atoms with van der Waals surface area (Å²) in [5, 5.41) is 5.91. The first-order chi connectivity index (χ1) is 8.65. The van der Waals surface area contributed by atoms with Gasteiger partial charge in [-0.05, 0) is 18.3 Å². The van der Waals surface area contributed by atoms with Gasteiger partial charge in [0, 0.05) is 13.1 Å². The monoisotopic (exact) mass is 252 g/mol. The van der Waals surface area contributed by atoms with E-state index < -0.39 is 5.69 Å². The Balaban J connectivity index is 2.00. The molecule has 0 radical (unpaired) electrons. The van der Waals surface area contributed by atoms with E-state index in [1.165, 1.54) is 0 Å². The molecule has 0 saturated carbocycles. The van der Waals surface area contributed by atoms with Crippen LogP contribution in [0.25, 0.3) is 0 Å². The molecular formula is C12H20N4O2. The molecule has 1 aromatic heterocycles. The minimum atomic E-state index is -0.436. The third-order valence-corrected chi connectivity index (χ3v) is 3.93. The van der Waals surface area contributed by atoms with Gasteiger partial charge in [-0.2, -0.15) is 0 Å². The van der Waals surface area contributed by atoms with Gasteiger partial charge in [-0.3, -0.25) is 9.78 Å². The number of likely N-dealkylation sites (tertiary alicyclic amines) is 1. The molecule has 1 amide bonds. The van der Waals surface area contributed by atoms with E-state index >= 15 is 0 Å². The molecule has 1 aliphatic heterocycles. The molecule has 0 unspecified atom stereocenters. The Hall–Kier alpha value is -1.59. The van der Waals surface area contributed by atoms with Gasteiger partial charge in [-0.15, -0.1) is 5.10 Å². The minimum Gasteiger partial charge on any atom is -0.336 e. The van der Waals surface area contributed by atoms with Crippen molar-refractivity contribution in [2.24, 2.45) is 11.8 Å². The molecular weight excluding hydrogens is 232 g/mol. The van der Waals surface area contributed by atoms with Gasteiger partial charge in [-0.25, -0.2) is 9.89 Å². The number of nitrogens with zero attached hydrogens (tertiary/aromatic N) is 2. The van der Waals surface area contributed by atoms with E-state index in [-0.39, 0.29) is 11.7 Å². The van der Waals surface area contributed by atoms with Gasteiger partial charge in [-0.1, -0.05) is 26.7 Å². The van der Waals surface area contributed by atoms with Crippen LogP contribution in [0.5, 0.6) is 0 Å². The molecule has 2 heterocycles. The summed E-state index contributed by atoms with van der Waals surface area (Å²) in [5.74, 6) is 1.20. The van der Waals surface area contributed by atoms with Crippen LogP contribution in [0.2, 0.25) is 0 Å². The van der Waals surface area contributed by atoms with Crippen LogP contribution in [0, 0.1) is 11.8 Å². The average Bonchev–Trinajstić information content (AvgIpc) is 2.99. The van der Waals surface area contributed by atoms with Crippen LogP contribution < -0.4 is 5.69 Å². The average molecular weight is 252 g/mol. The number of hydrogen-bond donors (Lipinski definition) is 2. The second kappa shape index (κ2) is 5.37. The second-order valence-corrected chi connectivity index (χ2v) is 4.90. The molecule has 0 aliphatic carbocycles. The summed E-state index contributed by atoms with van der Waals surface area (Å²) in [5.41, 5.74) is -0.436. The normalized spacial score (nSPS) is 19.7. The van der Waals surface area contributed by atoms with E-state index in [4.69, 9.17) is 0 Å². The lowest BCUT2D eigenvalue weighted by Crippen LogP contribution is -2.30. The number of nitrogens with one attached hydrogen (secondary N) is 2. The molecule has 0 bridgehead atoms. The Morgan fingerprint density at radius 1 is 1.50 bits per heavy atom. The van der Waals surface area contributed by atoms with Crippen LogP contribution >= 0.6 is 0 Å². The molecule has 0 spiro atoms. The Bertz CT molecular complexity index is 461. The van der Waals surface area contributed by atoms with Crippen molar-refractivity contribution in [1.82, 2.24) is 20.1 Å². The van der Waals surface area contributed by atoms with Gasteiger partial charge in [0.15, 0.2) is 0 Å². The largest absolute Gasteiger partial charge is 0.341 e. The van der Waals surface area contributed by atoms with Gasteiger partial charge < -0.3 is 4.90 Å². The highest BCUT2D eigenvalue weighted by atomic mass is 16.2. The molecule has 2 rings (SSSR count). The van der Waals surface area contributed by atoms with Crippen molar-refractivity contribution in [3.05, 3.63) is 16.3 Å². The lowest BCUT2D eigenvalue weighted by atomic mass is 9.87. The van der Waals surface area contributed by atoms with E-state index in [2.05, 4.69) is 29.0 Å². The Kier molecular flexibility index (Phi) is 3.84. The molecule has 100 valence electrons. The number of carbonyl (C=O) groups is 1. The molecule has 1 aromatic rings. The van der Waals surface area contributed by atoms with E-state index in [0.717, 1.165) is 32.4 Å². The third-order valence-electron chi connectivity index (χ3n) is 3.93. The maximum Gasteiger partial charge on any atom is 0.341 e. The molecule has 6 nitrogen and oxygen atoms in total. The quantitative estimate of drug-likeness (QED) is 0.838. The van der Waals surface area contributed by atoms with Crippen LogP contribution in [-0.4, -0.2) is 39.1 Å². The Morgan fingerprint density at radius 2 is 2.22 bits per heavy atom. The highest BCUT2D eigenvalue weighted by Gasteiger charge is 2.31. The predicted octanol–water partition coefficient (Wildman–Crippen LogP) is 0.996. The number of aromatic amines is 2. The number of H-pyrrole nitrogens is 2. The van der Waals surface area contributed by atoms with E-state index in [1.807, 2.05) is 0 Å². The predicted molar refractivity (Wildman–Crippen MR) is 67.3 cm³/mol. The zero-order chi connectivity index (χ0) is 13.1. The van der Waals surface area contributed by atoms with E-state index in [9.17, 15) is 9.59 Å². The summed E-state index contributed by atoms with van der Waals surface area (Å²) in [4.78, 5) is 27.2. The van der Waals surface area contributed by atoms with Crippen LogP contribution in [0.3, 0.4) is 0 Å². The van der Waals surface area contributed by atoms with Crippen LogP contribution in [0.4, 0.5) is 0 Å². The van der Waals surface area contributed by atoms with Crippen molar-refractivity contribution in [1.29, 1.82) is 0 Å². The topological polar surface area (TPSA) is 81.8 Å². The molecule has 1 atom stereocenters. The third kappa shape index (κ3) is 2.47. The first-order valence-electron chi connectivity index (χ1n) is 6.59. The molecule has 1 saturated heterocycles. The Morgan fingerprint density at radius 3 is 2.78 bits per heavy atom. The maximum atomic E-state index is 12.1. The van der Waals surface area contributed by atoms with Crippen LogP contribution in [0.15, 0.2) is 4.79 Å². The van der Waals surface area contributed by atoms with Gasteiger partial charge in [0.2, 0.25) is 5.82 Å². The summed E-state index contributed by atoms with van der Waals surface area (Å²) >= 11 is 0. The van der Waals surface area contributed by atoms with Crippen molar-refractivity contribution in [3.63, 3.8) is 0 Å². The standard InChI is InChI=1S/C12H20N4O2/c1-3-8(4-2)9-5-6-16(7-9)11(17)10-13-12(18)15-14-10/h8-9H,3-7H2,1-2H3,(H2,13,14,15,18)/t9-/m1/s1. The van der Waals surface area contributed by atoms with Gasteiger partial charge in [0.1, 0.15) is 0 Å². The molecule has 1 fully saturated rings. The maximum absolute atomic E-state index is 12.1. The lowest BCUT2D eigenvalue weighted by Gasteiger charge is -2.21. The number of aromatic nitrogens is 3. The molecule has 1 aliphatic rings. The highest BCUT2D eigenvalue weighted by molar-refractivity contribution is 5.90. The zero-order valence-corrected chi connectivity index (χ0v) is 10.9. The molecule has 0 aromatic carbocycles. The van der Waals surface area contributed by atoms with Gasteiger partial charge >= 0.3 is 5.69 Å². The van der Waals surface area contributed by atoms with Gasteiger partial charge in [0.25, 0.3) is 5.91 Å². The second-order valence-electron chi connectivity index (χ2n) is 4.90. The Labute approximate surface area is 106 Å². The smallest absolute Gasteiger partial charge is 0.336 e. The van der Waals surface area contributed by atoms with Crippen molar-refractivity contribution in [2.45, 2.75) is 33.1 Å². The summed E-state index contributed by atoms with van der Waals surface area (Å²) < 4.78 is 0. The highest BCUT2D eigenvalue weighted by Crippen LogP contribution is 2.29. The van der Waals surface area contributed by atoms with Crippen LogP contribution in [0.1, 0.15) is 43.7 Å². The molecule has 2 N–H and O–H groups in total. The summed E-state index contributed by atoms with van der Waals surface area (Å²) in [6.07, 6.45) is 3.36. The van der Waals surface area contributed by atoms with E-state index in [1.54, 1.807) is 4.90 Å². The van der Waals surface area contributed by atoms with Crippen molar-refractivity contribution < 1.29 is 4.79 Å². The first-order valence-corrected chi connectivity index (χ1v) is 6.59. The fourth-order valence-corrected chi connectivity index (χ4v) is 2.83.